The van der Waals surface area contributed by atoms with E-state index in [0.29, 0.717) is 16.7 Å². The fraction of sp³-hybridized carbons (Fsp3) is 0.423. The van der Waals surface area contributed by atoms with Crippen LogP contribution in [0.25, 0.3) is 10.9 Å². The van der Waals surface area contributed by atoms with Crippen molar-refractivity contribution >= 4 is 28.2 Å². The summed E-state index contributed by atoms with van der Waals surface area (Å²) >= 11 is 0. The summed E-state index contributed by atoms with van der Waals surface area (Å²) in [7, 11) is 6.27. The molecule has 1 heterocycles. The highest BCUT2D eigenvalue weighted by atomic mass is 127. The fourth-order valence-corrected chi connectivity index (χ4v) is 3.88. The summed E-state index contributed by atoms with van der Waals surface area (Å²) in [6, 6.07) is 14.5. The number of aromatic nitrogens is 1. The summed E-state index contributed by atoms with van der Waals surface area (Å²) in [5.41, 5.74) is 2.90. The number of non-ortho nitro benzene ring substituents is 1. The standard InChI is InChI=1S/C26H34N3O4.HI/c1-29(2,3)24-13-10-21(11-14-24)26(30)33-19-9-7-5-4-6-8-17-27-18-16-22-20-23(28(31)32)12-15-25(22)27;/h10-16,18,20H,4-9,17,19H2,1-3H3;1H/q+1;/p-1. The Hall–Kier alpha value is -2.46. The Balaban J connectivity index is 0.00000408. The monoisotopic (exact) mass is 579 g/mol. The number of nitro benzene ring substituents is 1. The molecule has 0 saturated carbocycles. The number of nitro groups is 1. The summed E-state index contributed by atoms with van der Waals surface area (Å²) in [5, 5.41) is 11.8. The zero-order valence-corrected chi connectivity index (χ0v) is 22.4. The first-order valence-electron chi connectivity index (χ1n) is 11.6. The van der Waals surface area contributed by atoms with Crippen LogP contribution < -0.4 is 28.5 Å². The van der Waals surface area contributed by atoms with E-state index in [4.69, 9.17) is 4.74 Å². The Morgan fingerprint density at radius 3 is 2.24 bits per heavy atom. The van der Waals surface area contributed by atoms with Crippen LogP contribution in [0.1, 0.15) is 48.9 Å². The van der Waals surface area contributed by atoms with Gasteiger partial charge in [0.15, 0.2) is 0 Å². The van der Waals surface area contributed by atoms with E-state index in [2.05, 4.69) is 25.7 Å². The molecule has 2 aromatic carbocycles. The van der Waals surface area contributed by atoms with Gasteiger partial charge in [-0.05, 0) is 49.2 Å². The number of carbonyl (C=O) groups is 1. The van der Waals surface area contributed by atoms with Crippen molar-refractivity contribution in [3.05, 3.63) is 70.4 Å². The number of rotatable bonds is 12. The van der Waals surface area contributed by atoms with Crippen molar-refractivity contribution in [1.82, 2.24) is 9.05 Å². The van der Waals surface area contributed by atoms with Crippen LogP contribution in [-0.2, 0) is 11.3 Å². The number of hydrogen-bond acceptors (Lipinski definition) is 4. The van der Waals surface area contributed by atoms with E-state index in [1.165, 1.54) is 0 Å². The van der Waals surface area contributed by atoms with Gasteiger partial charge in [0.2, 0.25) is 0 Å². The van der Waals surface area contributed by atoms with Gasteiger partial charge >= 0.3 is 5.97 Å². The van der Waals surface area contributed by atoms with Crippen molar-refractivity contribution < 1.29 is 38.4 Å². The van der Waals surface area contributed by atoms with Crippen molar-refractivity contribution in [2.24, 2.45) is 0 Å². The Labute approximate surface area is 218 Å². The quantitative estimate of drug-likeness (QED) is 0.0827. The second kappa shape index (κ2) is 12.9. The summed E-state index contributed by atoms with van der Waals surface area (Å²) in [5.74, 6) is -0.257. The van der Waals surface area contributed by atoms with Crippen LogP contribution >= 0.6 is 0 Å². The van der Waals surface area contributed by atoms with Crippen molar-refractivity contribution in [2.45, 2.75) is 45.1 Å². The summed E-state index contributed by atoms with van der Waals surface area (Å²) in [6.45, 7) is 1.36. The van der Waals surface area contributed by atoms with Crippen molar-refractivity contribution in [3.8, 4) is 0 Å². The Morgan fingerprint density at radius 1 is 0.941 bits per heavy atom. The van der Waals surface area contributed by atoms with Crippen LogP contribution in [0.2, 0.25) is 0 Å². The van der Waals surface area contributed by atoms with Gasteiger partial charge in [-0.25, -0.2) is 4.79 Å². The zero-order chi connectivity index (χ0) is 23.8. The fourth-order valence-electron chi connectivity index (χ4n) is 3.88. The molecule has 0 spiro atoms. The number of hydrogen-bond donors (Lipinski definition) is 0. The molecule has 3 rings (SSSR count). The number of carbonyl (C=O) groups excluding carboxylic acids is 1. The van der Waals surface area contributed by atoms with E-state index >= 15 is 0 Å². The molecule has 0 atom stereocenters. The lowest BCUT2D eigenvalue weighted by Crippen LogP contribution is -3.00. The molecule has 1 aromatic heterocycles. The second-order valence-corrected chi connectivity index (χ2v) is 9.33. The van der Waals surface area contributed by atoms with Gasteiger partial charge in [0.1, 0.15) is 5.69 Å². The van der Waals surface area contributed by atoms with Gasteiger partial charge in [0, 0.05) is 35.8 Å². The van der Waals surface area contributed by atoms with E-state index in [1.54, 1.807) is 12.1 Å². The summed E-state index contributed by atoms with van der Waals surface area (Å²) in [4.78, 5) is 22.7. The highest BCUT2D eigenvalue weighted by Gasteiger charge is 2.14. The molecule has 8 heteroatoms. The molecule has 0 aliphatic rings. The van der Waals surface area contributed by atoms with Gasteiger partial charge in [0.05, 0.1) is 38.2 Å². The molecule has 7 nitrogen and oxygen atoms in total. The lowest BCUT2D eigenvalue weighted by molar-refractivity contribution is -0.384. The number of aryl methyl sites for hydroxylation is 1. The molecule has 0 radical (unpaired) electrons. The van der Waals surface area contributed by atoms with E-state index in [9.17, 15) is 14.9 Å². The van der Waals surface area contributed by atoms with Gasteiger partial charge in [-0.15, -0.1) is 0 Å². The molecule has 184 valence electrons. The number of unbranched alkanes of at least 4 members (excludes halogenated alkanes) is 5. The maximum atomic E-state index is 12.2. The summed E-state index contributed by atoms with van der Waals surface area (Å²) in [6.07, 6.45) is 8.38. The lowest BCUT2D eigenvalue weighted by atomic mass is 10.1. The number of esters is 1. The molecule has 0 saturated heterocycles. The van der Waals surface area contributed by atoms with E-state index in [-0.39, 0.29) is 40.6 Å². The number of nitrogens with zero attached hydrogens (tertiary/aromatic N) is 3. The normalized spacial score (nSPS) is 11.3. The first-order valence-corrected chi connectivity index (χ1v) is 11.6. The number of halogens is 1. The molecular weight excluding hydrogens is 545 g/mol. The number of benzene rings is 2. The van der Waals surface area contributed by atoms with Crippen LogP contribution in [-0.4, -0.2) is 43.2 Å². The molecule has 34 heavy (non-hydrogen) atoms. The van der Waals surface area contributed by atoms with Gasteiger partial charge < -0.3 is 33.3 Å². The number of ether oxygens (including phenoxy) is 1. The van der Waals surface area contributed by atoms with Gasteiger partial charge in [-0.2, -0.15) is 0 Å². The minimum atomic E-state index is -0.360. The van der Waals surface area contributed by atoms with Crippen LogP contribution in [0.4, 0.5) is 11.4 Å². The predicted octanol–water partition coefficient (Wildman–Crippen LogP) is 2.95. The third-order valence-corrected chi connectivity index (χ3v) is 5.87. The van der Waals surface area contributed by atoms with E-state index in [1.807, 2.05) is 42.6 Å². The van der Waals surface area contributed by atoms with Crippen LogP contribution in [0.15, 0.2) is 54.7 Å². The molecular formula is C26H34IN3O4. The first-order chi connectivity index (χ1) is 15.8. The van der Waals surface area contributed by atoms with Crippen LogP contribution in [0.3, 0.4) is 0 Å². The van der Waals surface area contributed by atoms with E-state index < -0.39 is 0 Å². The third kappa shape index (κ3) is 7.80. The lowest BCUT2D eigenvalue weighted by Gasteiger charge is -2.23. The molecule has 0 bridgehead atoms. The molecule has 0 N–H and O–H groups in total. The van der Waals surface area contributed by atoms with Crippen LogP contribution in [0, 0.1) is 10.1 Å². The predicted molar refractivity (Wildman–Crippen MR) is 133 cm³/mol. The highest BCUT2D eigenvalue weighted by molar-refractivity contribution is 5.89. The van der Waals surface area contributed by atoms with Gasteiger partial charge in [-0.3, -0.25) is 14.6 Å². The average Bonchev–Trinajstić information content (AvgIpc) is 3.19. The molecule has 0 aliphatic carbocycles. The number of fused-ring (bicyclic) bond motifs is 1. The molecule has 0 aliphatic heterocycles. The van der Waals surface area contributed by atoms with Gasteiger partial charge in [0.25, 0.3) is 5.69 Å². The van der Waals surface area contributed by atoms with Crippen molar-refractivity contribution in [1.29, 1.82) is 0 Å². The molecule has 3 aromatic rings. The van der Waals surface area contributed by atoms with Crippen LogP contribution in [0.5, 0.6) is 0 Å². The summed E-state index contributed by atoms with van der Waals surface area (Å²) < 4.78 is 8.27. The largest absolute Gasteiger partial charge is 1.00 e. The first kappa shape index (κ1) is 27.8. The minimum Gasteiger partial charge on any atom is -1.00 e. The maximum Gasteiger partial charge on any atom is 0.338 e. The highest BCUT2D eigenvalue weighted by Crippen LogP contribution is 2.22. The minimum absolute atomic E-state index is 0. The zero-order valence-electron chi connectivity index (χ0n) is 20.2. The van der Waals surface area contributed by atoms with E-state index in [0.717, 1.165) is 61.7 Å². The topological polar surface area (TPSA) is 74.4 Å². The third-order valence-electron chi connectivity index (χ3n) is 5.87. The Morgan fingerprint density at radius 2 is 1.59 bits per heavy atom. The Bertz CT molecular complexity index is 1090. The maximum absolute atomic E-state index is 12.2. The molecule has 0 amide bonds. The second-order valence-electron chi connectivity index (χ2n) is 9.33. The molecule has 0 fully saturated rings. The smallest absolute Gasteiger partial charge is 0.338 e. The SMILES string of the molecule is C[N+](C)(C)c1ccc(C(=O)OCCCCCCCCn2ccc3cc([N+](=O)[O-])ccc32)cc1.[I-]. The Kier molecular flexibility index (Phi) is 10.5. The average molecular weight is 579 g/mol. The van der Waals surface area contributed by atoms with Crippen molar-refractivity contribution in [2.75, 3.05) is 27.7 Å². The number of quaternary nitrogens is 1. The molecule has 0 unspecified atom stereocenters. The van der Waals surface area contributed by atoms with Gasteiger partial charge in [-0.1, -0.05) is 25.7 Å². The van der Waals surface area contributed by atoms with Crippen molar-refractivity contribution in [3.63, 3.8) is 0 Å².